The molecule has 1 saturated heterocycles. The molecular formula is C20H19ClF2N2O2. The predicted molar refractivity (Wildman–Crippen MR) is 98.9 cm³/mol. The quantitative estimate of drug-likeness (QED) is 0.777. The number of aryl methyl sites for hydroxylation is 1. The number of hydrogen-bond donors (Lipinski definition) is 0. The van der Waals surface area contributed by atoms with E-state index in [1.54, 1.807) is 26.0 Å². The molecule has 0 N–H and O–H groups in total. The van der Waals surface area contributed by atoms with Gasteiger partial charge in [0.05, 0.1) is 11.1 Å². The SMILES string of the molecule is Cc1cccc(C(=O)N2CCN(C(=O)c3ccc(Cl)cc3F)C(C)C2)c1F. The van der Waals surface area contributed by atoms with Crippen molar-refractivity contribution in [1.29, 1.82) is 0 Å². The summed E-state index contributed by atoms with van der Waals surface area (Å²) < 4.78 is 28.3. The predicted octanol–water partition coefficient (Wildman–Crippen LogP) is 3.91. The standard InChI is InChI=1S/C20H19ClF2N2O2/c1-12-4-3-5-16(18(12)23)19(26)24-8-9-25(13(2)11-24)20(27)15-7-6-14(21)10-17(15)22/h3-7,10,13H,8-9,11H2,1-2H3. The third-order valence-electron chi connectivity index (χ3n) is 4.76. The molecule has 4 nitrogen and oxygen atoms in total. The molecule has 0 spiro atoms. The van der Waals surface area contributed by atoms with Crippen molar-refractivity contribution in [1.82, 2.24) is 9.80 Å². The average molecular weight is 393 g/mol. The van der Waals surface area contributed by atoms with Gasteiger partial charge in [0.2, 0.25) is 0 Å². The summed E-state index contributed by atoms with van der Waals surface area (Å²) in [5.41, 5.74) is 0.363. The first kappa shape index (κ1) is 19.3. The van der Waals surface area contributed by atoms with Crippen molar-refractivity contribution in [2.75, 3.05) is 19.6 Å². The van der Waals surface area contributed by atoms with Gasteiger partial charge in [-0.15, -0.1) is 0 Å². The van der Waals surface area contributed by atoms with E-state index in [1.807, 2.05) is 0 Å². The van der Waals surface area contributed by atoms with Gasteiger partial charge < -0.3 is 9.80 Å². The average Bonchev–Trinajstić information content (AvgIpc) is 2.63. The molecule has 1 atom stereocenters. The number of carbonyl (C=O) groups is 2. The fraction of sp³-hybridized carbons (Fsp3) is 0.300. The highest BCUT2D eigenvalue weighted by Gasteiger charge is 2.32. The Bertz CT molecular complexity index is 904. The van der Waals surface area contributed by atoms with Crippen LogP contribution in [0.5, 0.6) is 0 Å². The summed E-state index contributed by atoms with van der Waals surface area (Å²) in [6.45, 7) is 4.11. The number of hydrogen-bond acceptors (Lipinski definition) is 2. The minimum Gasteiger partial charge on any atom is -0.335 e. The summed E-state index contributed by atoms with van der Waals surface area (Å²) in [6, 6.07) is 8.27. The molecule has 1 heterocycles. The molecule has 3 rings (SSSR count). The van der Waals surface area contributed by atoms with Gasteiger partial charge in [0.25, 0.3) is 11.8 Å². The Morgan fingerprint density at radius 1 is 1.07 bits per heavy atom. The lowest BCUT2D eigenvalue weighted by atomic mass is 10.1. The van der Waals surface area contributed by atoms with Crippen molar-refractivity contribution < 1.29 is 18.4 Å². The second-order valence-electron chi connectivity index (χ2n) is 6.66. The highest BCUT2D eigenvalue weighted by Crippen LogP contribution is 2.21. The van der Waals surface area contributed by atoms with E-state index < -0.39 is 23.4 Å². The molecule has 0 saturated carbocycles. The van der Waals surface area contributed by atoms with E-state index in [-0.39, 0.29) is 41.8 Å². The van der Waals surface area contributed by atoms with E-state index in [1.165, 1.54) is 28.0 Å². The van der Waals surface area contributed by atoms with Crippen LogP contribution >= 0.6 is 11.6 Å². The fourth-order valence-electron chi connectivity index (χ4n) is 3.24. The third kappa shape index (κ3) is 3.81. The molecule has 2 amide bonds. The van der Waals surface area contributed by atoms with E-state index in [2.05, 4.69) is 0 Å². The molecular weight excluding hydrogens is 374 g/mol. The maximum absolute atomic E-state index is 14.2. The van der Waals surface area contributed by atoms with Crippen LogP contribution in [-0.2, 0) is 0 Å². The van der Waals surface area contributed by atoms with Crippen LogP contribution in [-0.4, -0.2) is 47.3 Å². The summed E-state index contributed by atoms with van der Waals surface area (Å²) >= 11 is 5.73. The van der Waals surface area contributed by atoms with Crippen LogP contribution in [0.1, 0.15) is 33.2 Å². The van der Waals surface area contributed by atoms with E-state index in [9.17, 15) is 18.4 Å². The van der Waals surface area contributed by atoms with Crippen molar-refractivity contribution in [3.8, 4) is 0 Å². The van der Waals surface area contributed by atoms with Crippen LogP contribution in [0.2, 0.25) is 5.02 Å². The van der Waals surface area contributed by atoms with Gasteiger partial charge in [0, 0.05) is 30.7 Å². The molecule has 0 radical (unpaired) electrons. The Morgan fingerprint density at radius 3 is 2.48 bits per heavy atom. The van der Waals surface area contributed by atoms with Crippen molar-refractivity contribution in [3.63, 3.8) is 0 Å². The molecule has 0 aliphatic carbocycles. The van der Waals surface area contributed by atoms with Gasteiger partial charge in [-0.05, 0) is 43.7 Å². The number of nitrogens with zero attached hydrogens (tertiary/aromatic N) is 2. The van der Waals surface area contributed by atoms with Gasteiger partial charge >= 0.3 is 0 Å². The van der Waals surface area contributed by atoms with Gasteiger partial charge in [-0.1, -0.05) is 23.7 Å². The maximum atomic E-state index is 14.2. The lowest BCUT2D eigenvalue weighted by Gasteiger charge is -2.40. The summed E-state index contributed by atoms with van der Waals surface area (Å²) in [5.74, 6) is -2.07. The molecule has 7 heteroatoms. The van der Waals surface area contributed by atoms with E-state index in [0.717, 1.165) is 6.07 Å². The number of rotatable bonds is 2. The van der Waals surface area contributed by atoms with Gasteiger partial charge in [-0.25, -0.2) is 8.78 Å². The second kappa shape index (κ2) is 7.64. The summed E-state index contributed by atoms with van der Waals surface area (Å²) in [7, 11) is 0. The topological polar surface area (TPSA) is 40.6 Å². The molecule has 2 aromatic carbocycles. The Kier molecular flexibility index (Phi) is 5.46. The van der Waals surface area contributed by atoms with Gasteiger partial charge in [-0.3, -0.25) is 9.59 Å². The molecule has 0 bridgehead atoms. The first-order valence-corrected chi connectivity index (χ1v) is 8.97. The number of amides is 2. The number of piperazine rings is 1. The van der Waals surface area contributed by atoms with Crippen LogP contribution in [0.4, 0.5) is 8.78 Å². The van der Waals surface area contributed by atoms with E-state index >= 15 is 0 Å². The van der Waals surface area contributed by atoms with Crippen LogP contribution in [0, 0.1) is 18.6 Å². The zero-order valence-corrected chi connectivity index (χ0v) is 15.8. The molecule has 1 unspecified atom stereocenters. The highest BCUT2D eigenvalue weighted by molar-refractivity contribution is 6.30. The number of benzene rings is 2. The number of halogens is 3. The van der Waals surface area contributed by atoms with E-state index in [0.29, 0.717) is 5.56 Å². The normalized spacial score (nSPS) is 17.1. The maximum Gasteiger partial charge on any atom is 0.257 e. The molecule has 2 aromatic rings. The third-order valence-corrected chi connectivity index (χ3v) is 4.99. The fourth-order valence-corrected chi connectivity index (χ4v) is 3.40. The van der Waals surface area contributed by atoms with Gasteiger partial charge in [-0.2, -0.15) is 0 Å². The zero-order chi connectivity index (χ0) is 19.7. The van der Waals surface area contributed by atoms with Crippen LogP contribution in [0.3, 0.4) is 0 Å². The van der Waals surface area contributed by atoms with E-state index in [4.69, 9.17) is 11.6 Å². The molecule has 142 valence electrons. The van der Waals surface area contributed by atoms with Gasteiger partial charge in [0.15, 0.2) is 0 Å². The summed E-state index contributed by atoms with van der Waals surface area (Å²) in [4.78, 5) is 28.4. The van der Waals surface area contributed by atoms with Crippen LogP contribution < -0.4 is 0 Å². The largest absolute Gasteiger partial charge is 0.335 e. The smallest absolute Gasteiger partial charge is 0.257 e. The monoisotopic (exact) mass is 392 g/mol. The Hall–Kier alpha value is -2.47. The van der Waals surface area contributed by atoms with Crippen molar-refractivity contribution >= 4 is 23.4 Å². The molecule has 1 aliphatic heterocycles. The molecule has 1 fully saturated rings. The van der Waals surface area contributed by atoms with Crippen LogP contribution in [0.15, 0.2) is 36.4 Å². The highest BCUT2D eigenvalue weighted by atomic mass is 35.5. The van der Waals surface area contributed by atoms with Crippen LogP contribution in [0.25, 0.3) is 0 Å². The lowest BCUT2D eigenvalue weighted by molar-refractivity contribution is 0.0409. The summed E-state index contributed by atoms with van der Waals surface area (Å²) in [5, 5.41) is 0.215. The van der Waals surface area contributed by atoms with Crippen molar-refractivity contribution in [2.24, 2.45) is 0 Å². The Morgan fingerprint density at radius 2 is 1.81 bits per heavy atom. The molecule has 1 aliphatic rings. The Balaban J connectivity index is 1.74. The summed E-state index contributed by atoms with van der Waals surface area (Å²) in [6.07, 6.45) is 0. The van der Waals surface area contributed by atoms with Crippen molar-refractivity contribution in [3.05, 3.63) is 69.7 Å². The number of carbonyl (C=O) groups excluding carboxylic acids is 2. The van der Waals surface area contributed by atoms with Gasteiger partial charge in [0.1, 0.15) is 11.6 Å². The lowest BCUT2D eigenvalue weighted by Crippen LogP contribution is -2.55. The first-order chi connectivity index (χ1) is 12.8. The van der Waals surface area contributed by atoms with Crippen molar-refractivity contribution in [2.45, 2.75) is 19.9 Å². The minimum absolute atomic E-state index is 0.0192. The molecule has 27 heavy (non-hydrogen) atoms. The minimum atomic E-state index is -0.681. The second-order valence-corrected chi connectivity index (χ2v) is 7.10. The zero-order valence-electron chi connectivity index (χ0n) is 15.0. The first-order valence-electron chi connectivity index (χ1n) is 8.60. The molecule has 0 aromatic heterocycles. The Labute approximate surface area is 161 Å².